The highest BCUT2D eigenvalue weighted by Gasteiger charge is 2.61. The van der Waals surface area contributed by atoms with Gasteiger partial charge in [0.25, 0.3) is 0 Å². The summed E-state index contributed by atoms with van der Waals surface area (Å²) in [4.78, 5) is 24.2. The minimum Gasteiger partial charge on any atom is -0.489 e. The maximum absolute atomic E-state index is 12.3. The summed E-state index contributed by atoms with van der Waals surface area (Å²) in [5, 5.41) is 0. The summed E-state index contributed by atoms with van der Waals surface area (Å²) in [6, 6.07) is 0. The lowest BCUT2D eigenvalue weighted by molar-refractivity contribution is -0.152. The first-order chi connectivity index (χ1) is 9.54. The molecule has 3 atom stereocenters. The molecule has 0 spiro atoms. The molecule has 0 unspecified atom stereocenters. The molecule has 0 aromatic heterocycles. The van der Waals surface area contributed by atoms with Crippen LogP contribution in [0, 0.1) is 11.3 Å². The van der Waals surface area contributed by atoms with E-state index in [0.717, 1.165) is 0 Å². The van der Waals surface area contributed by atoms with Crippen molar-refractivity contribution in [2.24, 2.45) is 11.3 Å². The molecule has 1 aliphatic heterocycles. The highest BCUT2D eigenvalue weighted by atomic mass is 16.5. The van der Waals surface area contributed by atoms with Crippen molar-refractivity contribution >= 4 is 11.9 Å². The number of rotatable bonds is 4. The summed E-state index contributed by atoms with van der Waals surface area (Å²) < 4.78 is 15.5. The summed E-state index contributed by atoms with van der Waals surface area (Å²) in [5.41, 5.74) is -0.606. The molecule has 0 amide bonds. The van der Waals surface area contributed by atoms with E-state index in [1.54, 1.807) is 12.2 Å². The Morgan fingerprint density at radius 1 is 1.30 bits per heavy atom. The largest absolute Gasteiger partial charge is 0.489 e. The van der Waals surface area contributed by atoms with Crippen LogP contribution in [0.15, 0.2) is 36.6 Å². The smallest absolute Gasteiger partial charge is 0.337 e. The molecule has 5 heteroatoms. The lowest BCUT2D eigenvalue weighted by Gasteiger charge is -2.26. The predicted molar refractivity (Wildman–Crippen MR) is 71.5 cm³/mol. The molecule has 1 fully saturated rings. The Balaban J connectivity index is 2.58. The van der Waals surface area contributed by atoms with E-state index in [2.05, 4.69) is 13.2 Å². The number of esters is 2. The molecule has 2 aliphatic rings. The van der Waals surface area contributed by atoms with E-state index in [4.69, 9.17) is 14.2 Å². The molecule has 0 N–H and O–H groups in total. The number of methoxy groups -OCH3 is 2. The zero-order chi connectivity index (χ0) is 14.9. The third-order valence-corrected chi connectivity index (χ3v) is 4.06. The summed E-state index contributed by atoms with van der Waals surface area (Å²) in [6.45, 7) is 7.45. The third kappa shape index (κ3) is 1.77. The number of fused-ring (bicyclic) bond motifs is 1. The van der Waals surface area contributed by atoms with Gasteiger partial charge in [0.1, 0.15) is 17.3 Å². The lowest BCUT2D eigenvalue weighted by Crippen LogP contribution is -2.35. The molecular weight excluding hydrogens is 260 g/mol. The van der Waals surface area contributed by atoms with Gasteiger partial charge in [-0.05, 0) is 6.42 Å². The van der Waals surface area contributed by atoms with Gasteiger partial charge < -0.3 is 14.2 Å². The van der Waals surface area contributed by atoms with Crippen LogP contribution in [0.3, 0.4) is 0 Å². The van der Waals surface area contributed by atoms with Crippen LogP contribution in [-0.2, 0) is 23.8 Å². The summed E-state index contributed by atoms with van der Waals surface area (Å²) in [6.07, 6.45) is 3.72. The molecule has 1 aliphatic carbocycles. The molecular formula is C15H18O5. The topological polar surface area (TPSA) is 61.8 Å². The van der Waals surface area contributed by atoms with Crippen LogP contribution in [0.1, 0.15) is 12.8 Å². The van der Waals surface area contributed by atoms with Gasteiger partial charge in [-0.25, -0.2) is 4.79 Å². The van der Waals surface area contributed by atoms with Crippen LogP contribution in [-0.4, -0.2) is 32.3 Å². The molecule has 2 rings (SSSR count). The van der Waals surface area contributed by atoms with Gasteiger partial charge >= 0.3 is 11.9 Å². The second-order valence-corrected chi connectivity index (χ2v) is 4.90. The van der Waals surface area contributed by atoms with Crippen LogP contribution in [0.2, 0.25) is 0 Å². The molecule has 0 radical (unpaired) electrons. The first kappa shape index (κ1) is 14.4. The summed E-state index contributed by atoms with van der Waals surface area (Å²) in [7, 11) is 2.63. The zero-order valence-electron chi connectivity index (χ0n) is 11.7. The van der Waals surface area contributed by atoms with E-state index in [1.807, 2.05) is 0 Å². The summed E-state index contributed by atoms with van der Waals surface area (Å²) >= 11 is 0. The van der Waals surface area contributed by atoms with Gasteiger partial charge in [-0.15, -0.1) is 6.58 Å². The van der Waals surface area contributed by atoms with Crippen molar-refractivity contribution in [3.63, 3.8) is 0 Å². The van der Waals surface area contributed by atoms with Crippen LogP contribution < -0.4 is 0 Å². The van der Waals surface area contributed by atoms with Gasteiger partial charge in [-0.3, -0.25) is 4.79 Å². The molecule has 0 saturated carbocycles. The van der Waals surface area contributed by atoms with Crippen molar-refractivity contribution in [1.82, 2.24) is 0 Å². The zero-order valence-corrected chi connectivity index (χ0v) is 11.7. The molecule has 108 valence electrons. The maximum Gasteiger partial charge on any atom is 0.337 e. The van der Waals surface area contributed by atoms with Crippen LogP contribution in [0.25, 0.3) is 0 Å². The third-order valence-electron chi connectivity index (χ3n) is 4.06. The monoisotopic (exact) mass is 278 g/mol. The fourth-order valence-electron chi connectivity index (χ4n) is 3.08. The second kappa shape index (κ2) is 5.15. The molecule has 0 aromatic rings. The minimum atomic E-state index is -0.987. The van der Waals surface area contributed by atoms with Crippen molar-refractivity contribution in [3.8, 4) is 0 Å². The molecule has 5 nitrogen and oxygen atoms in total. The number of allylic oxidation sites excluding steroid dienone is 1. The number of hydrogen-bond donors (Lipinski definition) is 0. The molecule has 0 aromatic carbocycles. The van der Waals surface area contributed by atoms with Crippen LogP contribution in [0.4, 0.5) is 0 Å². The molecule has 20 heavy (non-hydrogen) atoms. The van der Waals surface area contributed by atoms with Gasteiger partial charge in [0.15, 0.2) is 0 Å². The predicted octanol–water partition coefficient (Wildman–Crippen LogP) is 1.75. The van der Waals surface area contributed by atoms with Gasteiger partial charge in [0.05, 0.1) is 19.8 Å². The molecule has 1 heterocycles. The van der Waals surface area contributed by atoms with E-state index in [0.29, 0.717) is 24.2 Å². The van der Waals surface area contributed by atoms with Gasteiger partial charge in [-0.2, -0.15) is 0 Å². The van der Waals surface area contributed by atoms with Gasteiger partial charge in [-0.1, -0.05) is 18.7 Å². The first-order valence-electron chi connectivity index (χ1n) is 6.37. The SMILES string of the molecule is C=C[C@@H]1C[C@@]2(C(=O)OC)C(=C(C(=O)OC)C[C@@H]2C=C)O1. The Kier molecular flexibility index (Phi) is 3.70. The fraction of sp³-hybridized carbons (Fsp3) is 0.467. The Morgan fingerprint density at radius 2 is 2.00 bits per heavy atom. The lowest BCUT2D eigenvalue weighted by atomic mass is 9.74. The van der Waals surface area contributed by atoms with E-state index in [1.165, 1.54) is 14.2 Å². The van der Waals surface area contributed by atoms with Crippen molar-refractivity contribution in [1.29, 1.82) is 0 Å². The van der Waals surface area contributed by atoms with Crippen molar-refractivity contribution < 1.29 is 23.8 Å². The highest BCUT2D eigenvalue weighted by Crippen LogP contribution is 2.57. The van der Waals surface area contributed by atoms with Crippen molar-refractivity contribution in [2.75, 3.05) is 14.2 Å². The maximum atomic E-state index is 12.3. The Hall–Kier alpha value is -2.04. The molecule has 1 saturated heterocycles. The van der Waals surface area contributed by atoms with Crippen molar-refractivity contribution in [2.45, 2.75) is 18.9 Å². The van der Waals surface area contributed by atoms with Gasteiger partial charge in [0.2, 0.25) is 0 Å². The normalized spacial score (nSPS) is 31.3. The van der Waals surface area contributed by atoms with Crippen molar-refractivity contribution in [3.05, 3.63) is 36.6 Å². The Labute approximate surface area is 117 Å². The quantitative estimate of drug-likeness (QED) is 0.579. The molecule has 0 bridgehead atoms. The van der Waals surface area contributed by atoms with E-state index in [9.17, 15) is 9.59 Å². The average molecular weight is 278 g/mol. The van der Waals surface area contributed by atoms with Crippen LogP contribution >= 0.6 is 0 Å². The van der Waals surface area contributed by atoms with E-state index >= 15 is 0 Å². The second-order valence-electron chi connectivity index (χ2n) is 4.90. The number of ether oxygens (including phenoxy) is 3. The van der Waals surface area contributed by atoms with E-state index in [-0.39, 0.29) is 12.0 Å². The Bertz CT molecular complexity index is 504. The number of carbonyl (C=O) groups is 2. The van der Waals surface area contributed by atoms with Gasteiger partial charge in [0, 0.05) is 12.3 Å². The number of hydrogen-bond acceptors (Lipinski definition) is 5. The van der Waals surface area contributed by atoms with E-state index < -0.39 is 17.4 Å². The Morgan fingerprint density at radius 3 is 2.50 bits per heavy atom. The summed E-state index contributed by atoms with van der Waals surface area (Å²) in [5.74, 6) is -0.794. The van der Waals surface area contributed by atoms with Crippen LogP contribution in [0.5, 0.6) is 0 Å². The first-order valence-corrected chi connectivity index (χ1v) is 6.37. The number of carbonyl (C=O) groups excluding carboxylic acids is 2. The highest BCUT2D eigenvalue weighted by molar-refractivity contribution is 5.94. The minimum absolute atomic E-state index is 0.246. The fourth-order valence-corrected chi connectivity index (χ4v) is 3.08. The standard InChI is InChI=1S/C15H18O5/c1-5-9-7-11(13(16)18-3)12-15(9,14(17)19-4)8-10(6-2)20-12/h5-6,9-10H,1-2,7-8H2,3-4H3/t9-,10+,15-/m0/s1. The average Bonchev–Trinajstić information content (AvgIpc) is 2.99.